The number of ether oxygens (including phenoxy) is 2. The van der Waals surface area contributed by atoms with Gasteiger partial charge in [-0.3, -0.25) is 14.2 Å². The first-order valence-corrected chi connectivity index (χ1v) is 37.3. The number of phosphoric acid groups is 1. The molecule has 0 amide bonds. The third-order valence-electron chi connectivity index (χ3n) is 14.3. The summed E-state index contributed by atoms with van der Waals surface area (Å²) in [4.78, 5) is 38.1. The summed E-state index contributed by atoms with van der Waals surface area (Å²) in [6.45, 7) is 3.96. The number of esters is 2. The lowest BCUT2D eigenvalue weighted by molar-refractivity contribution is -0.870. The summed E-state index contributed by atoms with van der Waals surface area (Å²) in [6.07, 6.45) is 110. The van der Waals surface area contributed by atoms with Crippen molar-refractivity contribution in [3.8, 4) is 0 Å². The highest BCUT2D eigenvalue weighted by atomic mass is 31.2. The second-order valence-corrected chi connectivity index (χ2v) is 25.5. The Kier molecular flexibility index (Phi) is 65.8. The highest BCUT2D eigenvalue weighted by molar-refractivity contribution is 7.45. The Morgan fingerprint density at radius 3 is 0.870 bits per heavy atom. The fourth-order valence-electron chi connectivity index (χ4n) is 8.90. The van der Waals surface area contributed by atoms with E-state index in [2.05, 4.69) is 220 Å². The molecule has 0 radical (unpaired) electrons. The number of carbonyl (C=O) groups is 2. The van der Waals surface area contributed by atoms with Crippen LogP contribution in [0.3, 0.4) is 0 Å². The average molecular weight is 1290 g/mol. The molecule has 0 aromatic carbocycles. The highest BCUT2D eigenvalue weighted by Gasteiger charge is 2.22. The molecule has 0 rings (SSSR count). The monoisotopic (exact) mass is 1290 g/mol. The molecule has 92 heavy (non-hydrogen) atoms. The van der Waals surface area contributed by atoms with Gasteiger partial charge in [-0.05, 0) is 148 Å². The van der Waals surface area contributed by atoms with Crippen LogP contribution in [0.25, 0.3) is 0 Å². The van der Waals surface area contributed by atoms with E-state index < -0.39 is 32.5 Å². The van der Waals surface area contributed by atoms with Gasteiger partial charge in [0.1, 0.15) is 19.8 Å². The van der Waals surface area contributed by atoms with Gasteiger partial charge in [-0.2, -0.15) is 0 Å². The molecule has 2 unspecified atom stereocenters. The molecule has 0 heterocycles. The van der Waals surface area contributed by atoms with E-state index >= 15 is 0 Å². The van der Waals surface area contributed by atoms with Crippen molar-refractivity contribution in [3.05, 3.63) is 207 Å². The third-order valence-corrected chi connectivity index (χ3v) is 15.3. The Morgan fingerprint density at radius 2 is 0.587 bits per heavy atom. The van der Waals surface area contributed by atoms with Crippen LogP contribution in [-0.4, -0.2) is 70.0 Å². The fraction of sp³-hybridized carbons (Fsp3) is 0.561. The molecule has 516 valence electrons. The van der Waals surface area contributed by atoms with Crippen LogP contribution in [0.15, 0.2) is 207 Å². The smallest absolute Gasteiger partial charge is 0.306 e. The van der Waals surface area contributed by atoms with Crippen LogP contribution < -0.4 is 4.89 Å². The van der Waals surface area contributed by atoms with Gasteiger partial charge < -0.3 is 27.9 Å². The summed E-state index contributed by atoms with van der Waals surface area (Å²) in [5.74, 6) is -0.871. The van der Waals surface area contributed by atoms with Gasteiger partial charge in [0.15, 0.2) is 6.10 Å². The summed E-state index contributed by atoms with van der Waals surface area (Å²) in [5.41, 5.74) is 0. The Labute approximate surface area is 564 Å². The fourth-order valence-corrected chi connectivity index (χ4v) is 9.63. The number of quaternary nitrogens is 1. The van der Waals surface area contributed by atoms with Crippen LogP contribution in [-0.2, 0) is 32.7 Å². The minimum Gasteiger partial charge on any atom is -0.756 e. The van der Waals surface area contributed by atoms with E-state index in [4.69, 9.17) is 18.5 Å². The maximum atomic E-state index is 12.9. The SMILES string of the molecule is CC/C=C\C/C=C\C/C=C\C/C=C\C/C=C\C/C=C\C/C=C\C/C=C\C/C=C\C/C=C\CCCCCCCCCCC(=O)OC(COC(=O)CCCCCCCCC/C=C\C/C=C\C/C=C\C/C=C\C/C=C\C/C=C\C/C=C\CC)COP(=O)([O-])OCC[N+](C)(C)C. The molecule has 0 bridgehead atoms. The van der Waals surface area contributed by atoms with Crippen molar-refractivity contribution in [2.24, 2.45) is 0 Å². The normalized spacial score (nSPS) is 14.4. The van der Waals surface area contributed by atoms with Crippen molar-refractivity contribution in [3.63, 3.8) is 0 Å². The topological polar surface area (TPSA) is 111 Å². The molecule has 0 saturated carbocycles. The quantitative estimate of drug-likeness (QED) is 0.0195. The van der Waals surface area contributed by atoms with Crippen molar-refractivity contribution < 1.29 is 42.1 Å². The molecule has 0 N–H and O–H groups in total. The molecule has 0 spiro atoms. The van der Waals surface area contributed by atoms with Gasteiger partial charge in [-0.25, -0.2) is 0 Å². The van der Waals surface area contributed by atoms with E-state index in [1.165, 1.54) is 44.9 Å². The number of carbonyl (C=O) groups excluding carboxylic acids is 2. The number of likely N-dealkylation sites (N-methyl/N-ethyl adjacent to an activating group) is 1. The number of unbranched alkanes of at least 4 members (excludes halogenated alkanes) is 15. The van der Waals surface area contributed by atoms with Crippen molar-refractivity contribution >= 4 is 19.8 Å². The molecular weight excluding hydrogens is 1160 g/mol. The molecule has 0 saturated heterocycles. The van der Waals surface area contributed by atoms with Crippen LogP contribution >= 0.6 is 7.82 Å². The van der Waals surface area contributed by atoms with Crippen LogP contribution in [0, 0.1) is 0 Å². The number of allylic oxidation sites excluding steroid dienone is 34. The first-order valence-electron chi connectivity index (χ1n) is 35.8. The number of hydrogen-bond donors (Lipinski definition) is 0. The predicted octanol–water partition coefficient (Wildman–Crippen LogP) is 23.2. The van der Waals surface area contributed by atoms with Crippen LogP contribution in [0.4, 0.5) is 0 Å². The molecule has 0 aromatic rings. The summed E-state index contributed by atoms with van der Waals surface area (Å²) in [6, 6.07) is 0. The van der Waals surface area contributed by atoms with E-state index in [-0.39, 0.29) is 26.1 Å². The molecule has 0 aliphatic heterocycles. The largest absolute Gasteiger partial charge is 0.756 e. The summed E-state index contributed by atoms with van der Waals surface area (Å²) in [7, 11) is 1.12. The zero-order chi connectivity index (χ0) is 66.9. The van der Waals surface area contributed by atoms with Crippen LogP contribution in [0.5, 0.6) is 0 Å². The number of rotatable bonds is 63. The molecule has 0 fully saturated rings. The van der Waals surface area contributed by atoms with E-state index in [1.54, 1.807) is 0 Å². The van der Waals surface area contributed by atoms with Crippen molar-refractivity contribution in [2.45, 2.75) is 251 Å². The van der Waals surface area contributed by atoms with Crippen LogP contribution in [0.1, 0.15) is 245 Å². The Hall–Kier alpha value is -5.41. The average Bonchev–Trinajstić information content (AvgIpc) is 2.14. The summed E-state index contributed by atoms with van der Waals surface area (Å²) >= 11 is 0. The third kappa shape index (κ3) is 73.6. The van der Waals surface area contributed by atoms with Gasteiger partial charge in [-0.15, -0.1) is 0 Å². The van der Waals surface area contributed by atoms with E-state index in [0.717, 1.165) is 161 Å². The van der Waals surface area contributed by atoms with Crippen molar-refractivity contribution in [1.29, 1.82) is 0 Å². The molecule has 0 aliphatic rings. The van der Waals surface area contributed by atoms with E-state index in [1.807, 2.05) is 21.1 Å². The standard InChI is InChI=1S/C82H130NO8P/c1-6-8-10-12-14-16-18-20-22-24-26-28-30-32-34-36-37-38-39-40-41-42-43-44-45-47-49-51-53-55-57-59-61-63-65-67-69-71-73-75-82(85)91-80(79-90-92(86,87)89-77-76-83(3,4)5)78-88-81(84)74-72-70-68-66-64-62-60-58-56-54-52-50-48-46-35-33-31-29-27-25-23-21-19-17-15-13-11-9-7-2/h8-11,14-17,20-23,26-29,32-35,37-38,40-41,43-44,47-50,53-56,80H,6-7,12-13,18-19,24-25,30-31,36,39,42,45-46,51-52,57-79H2,1-5H3/b10-8-,11-9-,16-14-,17-15-,22-20-,23-21-,28-26-,29-27-,34-32-,35-33-,38-37-,41-40-,44-43-,49-47-,50-48-,55-53-,56-54-. The number of nitrogens with zero attached hydrogens (tertiary/aromatic N) is 1. The summed E-state index contributed by atoms with van der Waals surface area (Å²) in [5, 5.41) is 0. The Morgan fingerprint density at radius 1 is 0.337 bits per heavy atom. The van der Waals surface area contributed by atoms with Gasteiger partial charge in [0.25, 0.3) is 7.82 Å². The second kappa shape index (κ2) is 69.9. The zero-order valence-corrected chi connectivity index (χ0v) is 59.5. The maximum Gasteiger partial charge on any atom is 0.306 e. The van der Waals surface area contributed by atoms with Crippen molar-refractivity contribution in [2.75, 3.05) is 47.5 Å². The molecule has 2 atom stereocenters. The first kappa shape index (κ1) is 86.6. The molecule has 0 aliphatic carbocycles. The van der Waals surface area contributed by atoms with Gasteiger partial charge in [0, 0.05) is 12.8 Å². The molecule has 0 aromatic heterocycles. The zero-order valence-electron chi connectivity index (χ0n) is 58.7. The minimum absolute atomic E-state index is 0.0461. The van der Waals surface area contributed by atoms with Crippen molar-refractivity contribution in [1.82, 2.24) is 0 Å². The number of hydrogen-bond acceptors (Lipinski definition) is 8. The maximum absolute atomic E-state index is 12.9. The second-order valence-electron chi connectivity index (χ2n) is 24.1. The first-order chi connectivity index (χ1) is 45.0. The molecule has 10 heteroatoms. The Balaban J connectivity index is 4.18. The number of phosphoric ester groups is 1. The summed E-state index contributed by atoms with van der Waals surface area (Å²) < 4.78 is 34.3. The molecule has 9 nitrogen and oxygen atoms in total. The van der Waals surface area contributed by atoms with Gasteiger partial charge >= 0.3 is 11.9 Å². The van der Waals surface area contributed by atoms with Gasteiger partial charge in [-0.1, -0.05) is 291 Å². The van der Waals surface area contributed by atoms with E-state index in [0.29, 0.717) is 23.9 Å². The van der Waals surface area contributed by atoms with Gasteiger partial charge in [0.2, 0.25) is 0 Å². The highest BCUT2D eigenvalue weighted by Crippen LogP contribution is 2.38. The molecular formula is C82H130NO8P. The predicted molar refractivity (Wildman–Crippen MR) is 396 cm³/mol. The lowest BCUT2D eigenvalue weighted by Gasteiger charge is -2.28. The minimum atomic E-state index is -4.66. The Bertz CT molecular complexity index is 2310. The lowest BCUT2D eigenvalue weighted by Crippen LogP contribution is -2.37. The van der Waals surface area contributed by atoms with Gasteiger partial charge in [0.05, 0.1) is 27.7 Å². The van der Waals surface area contributed by atoms with E-state index in [9.17, 15) is 19.0 Å². The van der Waals surface area contributed by atoms with Crippen LogP contribution in [0.2, 0.25) is 0 Å². The lowest BCUT2D eigenvalue weighted by atomic mass is 10.1.